The molecule has 0 bridgehead atoms. The maximum Gasteiger partial charge on any atom is 0.303 e. The Balaban J connectivity index is 2.30. The Labute approximate surface area is 86.2 Å². The van der Waals surface area contributed by atoms with Gasteiger partial charge in [-0.25, -0.2) is 0 Å². The second-order valence-corrected chi connectivity index (χ2v) is 4.39. The average molecular weight is 215 g/mol. The first kappa shape index (κ1) is 10.9. The number of hydrogen-bond donors (Lipinski definition) is 2. The SMILES string of the molecule is Cc1nnc(NCC(C)CC(=O)O)s1. The number of aliphatic carboxylic acids is 1. The van der Waals surface area contributed by atoms with Gasteiger partial charge in [-0.2, -0.15) is 0 Å². The van der Waals surface area contributed by atoms with E-state index in [2.05, 4.69) is 15.5 Å². The Hall–Kier alpha value is -1.17. The molecular weight excluding hydrogens is 202 g/mol. The maximum atomic E-state index is 10.4. The molecule has 0 aromatic carbocycles. The molecule has 1 rings (SSSR count). The van der Waals surface area contributed by atoms with Gasteiger partial charge in [-0.1, -0.05) is 18.3 Å². The smallest absolute Gasteiger partial charge is 0.303 e. The molecule has 0 aliphatic rings. The predicted molar refractivity (Wildman–Crippen MR) is 54.6 cm³/mol. The lowest BCUT2D eigenvalue weighted by atomic mass is 10.1. The molecule has 14 heavy (non-hydrogen) atoms. The van der Waals surface area contributed by atoms with Gasteiger partial charge < -0.3 is 10.4 Å². The maximum absolute atomic E-state index is 10.4. The molecule has 6 heteroatoms. The molecule has 0 saturated heterocycles. The minimum atomic E-state index is -0.771. The average Bonchev–Trinajstić information content (AvgIpc) is 2.47. The Morgan fingerprint density at radius 3 is 2.86 bits per heavy atom. The van der Waals surface area contributed by atoms with E-state index < -0.39 is 5.97 Å². The quantitative estimate of drug-likeness (QED) is 0.775. The number of aryl methyl sites for hydroxylation is 1. The van der Waals surface area contributed by atoms with Gasteiger partial charge in [0.05, 0.1) is 0 Å². The van der Waals surface area contributed by atoms with Crippen molar-refractivity contribution < 1.29 is 9.90 Å². The van der Waals surface area contributed by atoms with Crippen molar-refractivity contribution in [3.63, 3.8) is 0 Å². The molecule has 1 aromatic heterocycles. The summed E-state index contributed by atoms with van der Waals surface area (Å²) in [5, 5.41) is 21.0. The zero-order valence-electron chi connectivity index (χ0n) is 8.15. The molecule has 0 amide bonds. The molecule has 1 unspecified atom stereocenters. The summed E-state index contributed by atoms with van der Waals surface area (Å²) in [7, 11) is 0. The summed E-state index contributed by atoms with van der Waals surface area (Å²) in [6.07, 6.45) is 0.171. The van der Waals surface area contributed by atoms with E-state index in [1.165, 1.54) is 11.3 Å². The number of aromatic nitrogens is 2. The summed E-state index contributed by atoms with van der Waals surface area (Å²) in [5.41, 5.74) is 0. The number of rotatable bonds is 5. The van der Waals surface area contributed by atoms with Crippen LogP contribution in [0.15, 0.2) is 0 Å². The fourth-order valence-corrected chi connectivity index (χ4v) is 1.60. The summed E-state index contributed by atoms with van der Waals surface area (Å²) in [6.45, 7) is 4.37. The van der Waals surface area contributed by atoms with Crippen LogP contribution in [-0.4, -0.2) is 27.8 Å². The number of anilines is 1. The van der Waals surface area contributed by atoms with Crippen LogP contribution in [-0.2, 0) is 4.79 Å². The summed E-state index contributed by atoms with van der Waals surface area (Å²) in [5.74, 6) is -0.676. The van der Waals surface area contributed by atoms with Gasteiger partial charge in [-0.05, 0) is 12.8 Å². The number of nitrogens with one attached hydrogen (secondary N) is 1. The number of carboxylic acid groups (broad SMARTS) is 1. The third-order valence-corrected chi connectivity index (χ3v) is 2.45. The van der Waals surface area contributed by atoms with Crippen LogP contribution in [0.25, 0.3) is 0 Å². The summed E-state index contributed by atoms with van der Waals surface area (Å²) in [6, 6.07) is 0. The zero-order chi connectivity index (χ0) is 10.6. The van der Waals surface area contributed by atoms with Gasteiger partial charge in [0.15, 0.2) is 0 Å². The first-order valence-electron chi connectivity index (χ1n) is 4.33. The van der Waals surface area contributed by atoms with Crippen LogP contribution in [0.5, 0.6) is 0 Å². The zero-order valence-corrected chi connectivity index (χ0v) is 8.97. The predicted octanol–water partition coefficient (Wildman–Crippen LogP) is 1.37. The highest BCUT2D eigenvalue weighted by molar-refractivity contribution is 7.15. The van der Waals surface area contributed by atoms with E-state index in [1.54, 1.807) is 0 Å². The molecule has 1 heterocycles. The number of carbonyl (C=O) groups is 1. The lowest BCUT2D eigenvalue weighted by Crippen LogP contribution is -2.14. The van der Waals surface area contributed by atoms with Crippen molar-refractivity contribution in [3.05, 3.63) is 5.01 Å². The van der Waals surface area contributed by atoms with E-state index in [1.807, 2.05) is 13.8 Å². The third-order valence-electron chi connectivity index (χ3n) is 1.65. The highest BCUT2D eigenvalue weighted by Crippen LogP contribution is 2.14. The molecular formula is C8H13N3O2S. The normalized spacial score (nSPS) is 12.4. The molecule has 2 N–H and O–H groups in total. The van der Waals surface area contributed by atoms with Gasteiger partial charge in [0.25, 0.3) is 0 Å². The van der Waals surface area contributed by atoms with Crippen LogP contribution in [0.2, 0.25) is 0 Å². The van der Waals surface area contributed by atoms with Crippen molar-refractivity contribution >= 4 is 22.4 Å². The number of nitrogens with zero attached hydrogens (tertiary/aromatic N) is 2. The van der Waals surface area contributed by atoms with Crippen molar-refractivity contribution in [2.24, 2.45) is 5.92 Å². The Kier molecular flexibility index (Phi) is 3.82. The van der Waals surface area contributed by atoms with Crippen LogP contribution in [0.1, 0.15) is 18.4 Å². The minimum absolute atomic E-state index is 0.0942. The lowest BCUT2D eigenvalue weighted by Gasteiger charge is -2.07. The molecule has 0 spiro atoms. The highest BCUT2D eigenvalue weighted by atomic mass is 32.1. The van der Waals surface area contributed by atoms with E-state index in [0.29, 0.717) is 6.54 Å². The number of hydrogen-bond acceptors (Lipinski definition) is 5. The standard InChI is InChI=1S/C8H13N3O2S/c1-5(3-7(12)13)4-9-8-11-10-6(2)14-8/h5H,3-4H2,1-2H3,(H,9,11)(H,12,13). The van der Waals surface area contributed by atoms with Gasteiger partial charge in [0, 0.05) is 13.0 Å². The van der Waals surface area contributed by atoms with Gasteiger partial charge in [-0.3, -0.25) is 4.79 Å². The molecule has 0 aliphatic heterocycles. The Bertz CT molecular complexity index is 313. The molecule has 0 saturated carbocycles. The Morgan fingerprint density at radius 1 is 1.64 bits per heavy atom. The molecule has 0 aliphatic carbocycles. The van der Waals surface area contributed by atoms with Gasteiger partial charge >= 0.3 is 5.97 Å². The topological polar surface area (TPSA) is 75.1 Å². The van der Waals surface area contributed by atoms with Crippen molar-refractivity contribution in [2.45, 2.75) is 20.3 Å². The van der Waals surface area contributed by atoms with Crippen molar-refractivity contribution in [2.75, 3.05) is 11.9 Å². The monoisotopic (exact) mass is 215 g/mol. The molecule has 0 radical (unpaired) electrons. The molecule has 0 fully saturated rings. The first-order valence-corrected chi connectivity index (χ1v) is 5.15. The van der Waals surface area contributed by atoms with Crippen LogP contribution >= 0.6 is 11.3 Å². The van der Waals surface area contributed by atoms with Crippen LogP contribution in [0, 0.1) is 12.8 Å². The summed E-state index contributed by atoms with van der Waals surface area (Å²) in [4.78, 5) is 10.4. The van der Waals surface area contributed by atoms with Gasteiger partial charge in [0.1, 0.15) is 5.01 Å². The number of carboxylic acids is 1. The van der Waals surface area contributed by atoms with Crippen molar-refractivity contribution in [1.82, 2.24) is 10.2 Å². The van der Waals surface area contributed by atoms with E-state index in [9.17, 15) is 4.79 Å². The van der Waals surface area contributed by atoms with E-state index in [0.717, 1.165) is 10.1 Å². The Morgan fingerprint density at radius 2 is 2.36 bits per heavy atom. The van der Waals surface area contributed by atoms with Crippen LogP contribution < -0.4 is 5.32 Å². The van der Waals surface area contributed by atoms with E-state index >= 15 is 0 Å². The fourth-order valence-electron chi connectivity index (χ4n) is 1.000. The van der Waals surface area contributed by atoms with Crippen LogP contribution in [0.4, 0.5) is 5.13 Å². The van der Waals surface area contributed by atoms with E-state index in [-0.39, 0.29) is 12.3 Å². The summed E-state index contributed by atoms with van der Waals surface area (Å²) >= 11 is 1.47. The summed E-state index contributed by atoms with van der Waals surface area (Å²) < 4.78 is 0. The van der Waals surface area contributed by atoms with Gasteiger partial charge in [-0.15, -0.1) is 10.2 Å². The van der Waals surface area contributed by atoms with Gasteiger partial charge in [0.2, 0.25) is 5.13 Å². The highest BCUT2D eigenvalue weighted by Gasteiger charge is 2.08. The van der Waals surface area contributed by atoms with Crippen molar-refractivity contribution in [3.8, 4) is 0 Å². The second-order valence-electron chi connectivity index (χ2n) is 3.21. The third kappa shape index (κ3) is 3.69. The largest absolute Gasteiger partial charge is 0.481 e. The first-order chi connectivity index (χ1) is 6.58. The fraction of sp³-hybridized carbons (Fsp3) is 0.625. The second kappa shape index (κ2) is 4.90. The van der Waals surface area contributed by atoms with Crippen molar-refractivity contribution in [1.29, 1.82) is 0 Å². The molecule has 1 aromatic rings. The van der Waals surface area contributed by atoms with Crippen LogP contribution in [0.3, 0.4) is 0 Å². The molecule has 78 valence electrons. The molecule has 5 nitrogen and oxygen atoms in total. The molecule has 1 atom stereocenters. The van der Waals surface area contributed by atoms with E-state index in [4.69, 9.17) is 5.11 Å². The minimum Gasteiger partial charge on any atom is -0.481 e. The lowest BCUT2D eigenvalue weighted by molar-refractivity contribution is -0.137.